The van der Waals surface area contributed by atoms with Crippen molar-refractivity contribution in [2.24, 2.45) is 11.1 Å². The van der Waals surface area contributed by atoms with Crippen molar-refractivity contribution in [2.45, 2.75) is 20.3 Å². The van der Waals surface area contributed by atoms with E-state index >= 15 is 0 Å². The smallest absolute Gasteiger partial charge is 0.231 e. The van der Waals surface area contributed by atoms with Crippen LogP contribution in [0.4, 0.5) is 5.69 Å². The number of fused-ring (bicyclic) bond motifs is 1. The van der Waals surface area contributed by atoms with Crippen molar-refractivity contribution in [3.63, 3.8) is 0 Å². The van der Waals surface area contributed by atoms with E-state index in [4.69, 9.17) is 17.3 Å². The number of halogens is 1. The maximum atomic E-state index is 12.4. The van der Waals surface area contributed by atoms with E-state index in [1.165, 1.54) is 0 Å². The molecule has 2 rings (SSSR count). The highest BCUT2D eigenvalue weighted by Crippen LogP contribution is 2.28. The number of amides is 1. The van der Waals surface area contributed by atoms with Gasteiger partial charge >= 0.3 is 0 Å². The van der Waals surface area contributed by atoms with E-state index in [2.05, 4.69) is 10.3 Å². The molecule has 1 heterocycles. The molecule has 4 nitrogen and oxygen atoms in total. The highest BCUT2D eigenvalue weighted by Gasteiger charge is 2.30. The molecule has 0 aliphatic carbocycles. The summed E-state index contributed by atoms with van der Waals surface area (Å²) < 4.78 is 0. The lowest BCUT2D eigenvalue weighted by atomic mass is 9.86. The molecule has 0 saturated heterocycles. The number of hydrogen-bond donors (Lipinski definition) is 2. The summed E-state index contributed by atoms with van der Waals surface area (Å²) in [5.41, 5.74) is 6.46. The lowest BCUT2D eigenvalue weighted by Gasteiger charge is -2.25. The zero-order chi connectivity index (χ0) is 14.8. The zero-order valence-electron chi connectivity index (χ0n) is 11.6. The van der Waals surface area contributed by atoms with Crippen LogP contribution >= 0.6 is 11.6 Å². The number of pyridine rings is 1. The van der Waals surface area contributed by atoms with E-state index in [0.29, 0.717) is 23.7 Å². The number of nitrogens with zero attached hydrogens (tertiary/aromatic N) is 1. The largest absolute Gasteiger partial charge is 0.329 e. The van der Waals surface area contributed by atoms with Gasteiger partial charge in [-0.3, -0.25) is 9.78 Å². The van der Waals surface area contributed by atoms with Crippen LogP contribution in [-0.4, -0.2) is 17.4 Å². The molecule has 1 unspecified atom stereocenters. The Morgan fingerprint density at radius 1 is 1.50 bits per heavy atom. The van der Waals surface area contributed by atoms with Crippen LogP contribution in [0.25, 0.3) is 10.9 Å². The molecular formula is C15H18ClN3O. The van der Waals surface area contributed by atoms with Crippen molar-refractivity contribution >= 4 is 34.1 Å². The summed E-state index contributed by atoms with van der Waals surface area (Å²) >= 11 is 6.09. The van der Waals surface area contributed by atoms with Gasteiger partial charge in [0.1, 0.15) is 0 Å². The quantitative estimate of drug-likeness (QED) is 0.909. The van der Waals surface area contributed by atoms with E-state index in [1.807, 2.05) is 32.0 Å². The molecule has 0 aliphatic heterocycles. The number of benzene rings is 1. The van der Waals surface area contributed by atoms with Gasteiger partial charge in [-0.1, -0.05) is 24.6 Å². The van der Waals surface area contributed by atoms with Crippen molar-refractivity contribution in [2.75, 3.05) is 11.9 Å². The van der Waals surface area contributed by atoms with Gasteiger partial charge < -0.3 is 11.1 Å². The minimum absolute atomic E-state index is 0.114. The van der Waals surface area contributed by atoms with Gasteiger partial charge in [-0.15, -0.1) is 0 Å². The summed E-state index contributed by atoms with van der Waals surface area (Å²) in [5, 5.41) is 4.35. The number of carbonyl (C=O) groups is 1. The van der Waals surface area contributed by atoms with Crippen LogP contribution in [-0.2, 0) is 4.79 Å². The Kier molecular flexibility index (Phi) is 4.26. The van der Waals surface area contributed by atoms with Gasteiger partial charge in [0, 0.05) is 23.2 Å². The molecule has 2 aromatic rings. The van der Waals surface area contributed by atoms with Gasteiger partial charge in [0.2, 0.25) is 5.91 Å². The van der Waals surface area contributed by atoms with Crippen LogP contribution in [0.3, 0.4) is 0 Å². The third-order valence-electron chi connectivity index (χ3n) is 3.70. The summed E-state index contributed by atoms with van der Waals surface area (Å²) in [5.74, 6) is -0.114. The minimum atomic E-state index is -0.594. The molecule has 0 radical (unpaired) electrons. The van der Waals surface area contributed by atoms with Gasteiger partial charge in [-0.25, -0.2) is 0 Å². The molecule has 1 atom stereocenters. The van der Waals surface area contributed by atoms with Crippen LogP contribution in [0.1, 0.15) is 20.3 Å². The van der Waals surface area contributed by atoms with Gasteiger partial charge in [0.15, 0.2) is 0 Å². The minimum Gasteiger partial charge on any atom is -0.329 e. The highest BCUT2D eigenvalue weighted by atomic mass is 35.5. The number of nitrogens with one attached hydrogen (secondary N) is 1. The molecule has 20 heavy (non-hydrogen) atoms. The van der Waals surface area contributed by atoms with E-state index in [1.54, 1.807) is 12.3 Å². The van der Waals surface area contributed by atoms with E-state index < -0.39 is 5.41 Å². The van der Waals surface area contributed by atoms with Crippen molar-refractivity contribution in [3.8, 4) is 0 Å². The number of hydrogen-bond acceptors (Lipinski definition) is 3. The lowest BCUT2D eigenvalue weighted by Crippen LogP contribution is -2.39. The van der Waals surface area contributed by atoms with Crippen LogP contribution in [0, 0.1) is 5.41 Å². The second kappa shape index (κ2) is 5.77. The summed E-state index contributed by atoms with van der Waals surface area (Å²) in [4.78, 5) is 16.7. The Morgan fingerprint density at radius 3 is 2.90 bits per heavy atom. The second-order valence-electron chi connectivity index (χ2n) is 5.10. The predicted octanol–water partition coefficient (Wildman–Crippen LogP) is 3.20. The fourth-order valence-electron chi connectivity index (χ4n) is 1.92. The monoisotopic (exact) mass is 291 g/mol. The molecule has 0 aliphatic rings. The highest BCUT2D eigenvalue weighted by molar-refractivity contribution is 6.32. The lowest BCUT2D eigenvalue weighted by molar-refractivity contribution is -0.124. The maximum Gasteiger partial charge on any atom is 0.231 e. The third-order valence-corrected chi connectivity index (χ3v) is 3.92. The predicted molar refractivity (Wildman–Crippen MR) is 82.8 cm³/mol. The molecular weight excluding hydrogens is 274 g/mol. The summed E-state index contributed by atoms with van der Waals surface area (Å²) in [6.07, 6.45) is 2.36. The Hall–Kier alpha value is -1.65. The van der Waals surface area contributed by atoms with Gasteiger partial charge in [-0.05, 0) is 31.5 Å². The van der Waals surface area contributed by atoms with Crippen LogP contribution in [0.15, 0.2) is 30.5 Å². The van der Waals surface area contributed by atoms with Gasteiger partial charge in [-0.2, -0.15) is 0 Å². The second-order valence-corrected chi connectivity index (χ2v) is 5.54. The van der Waals surface area contributed by atoms with Gasteiger partial charge in [0.05, 0.1) is 16.6 Å². The first kappa shape index (κ1) is 14.8. The number of rotatable bonds is 4. The van der Waals surface area contributed by atoms with Crippen molar-refractivity contribution in [1.82, 2.24) is 4.98 Å². The van der Waals surface area contributed by atoms with E-state index in [-0.39, 0.29) is 5.91 Å². The van der Waals surface area contributed by atoms with Crippen LogP contribution in [0.5, 0.6) is 0 Å². The summed E-state index contributed by atoms with van der Waals surface area (Å²) in [6, 6.07) is 7.27. The Bertz CT molecular complexity index is 638. The molecule has 0 saturated carbocycles. The zero-order valence-corrected chi connectivity index (χ0v) is 12.4. The standard InChI is InChI=1S/C15H18ClN3O/c1-3-15(2,9-17)14(20)19-12-8-11(16)7-10-5-4-6-18-13(10)12/h4-8H,3,9,17H2,1-2H3,(H,19,20). The molecule has 1 aromatic heterocycles. The third kappa shape index (κ3) is 2.76. The molecule has 1 aromatic carbocycles. The Labute approximate surface area is 123 Å². The first-order valence-electron chi connectivity index (χ1n) is 6.56. The summed E-state index contributed by atoms with van der Waals surface area (Å²) in [7, 11) is 0. The van der Waals surface area contributed by atoms with Crippen LogP contribution < -0.4 is 11.1 Å². The van der Waals surface area contributed by atoms with Crippen molar-refractivity contribution in [3.05, 3.63) is 35.5 Å². The number of nitrogens with two attached hydrogens (primary N) is 1. The number of aromatic nitrogens is 1. The molecule has 0 spiro atoms. The van der Waals surface area contributed by atoms with Gasteiger partial charge in [0.25, 0.3) is 0 Å². The Balaban J connectivity index is 2.41. The van der Waals surface area contributed by atoms with Crippen molar-refractivity contribution < 1.29 is 4.79 Å². The fourth-order valence-corrected chi connectivity index (χ4v) is 2.15. The normalized spacial score (nSPS) is 14.0. The molecule has 0 bridgehead atoms. The average molecular weight is 292 g/mol. The number of carbonyl (C=O) groups excluding carboxylic acids is 1. The van der Waals surface area contributed by atoms with Crippen molar-refractivity contribution in [1.29, 1.82) is 0 Å². The molecule has 5 heteroatoms. The first-order chi connectivity index (χ1) is 9.50. The summed E-state index contributed by atoms with van der Waals surface area (Å²) in [6.45, 7) is 4.09. The maximum absolute atomic E-state index is 12.4. The molecule has 0 fully saturated rings. The fraction of sp³-hybridized carbons (Fsp3) is 0.333. The molecule has 106 valence electrons. The Morgan fingerprint density at radius 2 is 2.25 bits per heavy atom. The number of anilines is 1. The van der Waals surface area contributed by atoms with E-state index in [0.717, 1.165) is 10.9 Å². The average Bonchev–Trinajstić information content (AvgIpc) is 2.46. The SMILES string of the molecule is CCC(C)(CN)C(=O)Nc1cc(Cl)cc2cccnc12. The molecule has 3 N–H and O–H groups in total. The first-order valence-corrected chi connectivity index (χ1v) is 6.94. The molecule has 1 amide bonds. The van der Waals surface area contributed by atoms with Crippen LogP contribution in [0.2, 0.25) is 5.02 Å². The van der Waals surface area contributed by atoms with E-state index in [9.17, 15) is 4.79 Å². The topological polar surface area (TPSA) is 68.0 Å².